The summed E-state index contributed by atoms with van der Waals surface area (Å²) in [6.07, 6.45) is 6.85. The van der Waals surface area contributed by atoms with E-state index in [0.717, 1.165) is 18.5 Å². The molecule has 2 aromatic rings. The Kier molecular flexibility index (Phi) is 11.6. The van der Waals surface area contributed by atoms with Crippen molar-refractivity contribution in [1.29, 1.82) is 0 Å². The summed E-state index contributed by atoms with van der Waals surface area (Å²) in [7, 11) is 1.37. The number of likely N-dealkylation sites (tertiary alicyclic amines) is 1. The first-order chi connectivity index (χ1) is 20.2. The van der Waals surface area contributed by atoms with E-state index < -0.39 is 17.7 Å². The van der Waals surface area contributed by atoms with Crippen molar-refractivity contribution in [3.8, 4) is 0 Å². The smallest absolute Gasteiger partial charge is 0.409 e. The standard InChI is InChI=1S/C30H46N6O6S/c1-29(2,3)35-16-13-22(18-35)36(20-37)24(12-8-9-14-31-27(39)42-30(4,5)6)25(38)33-26-32-23(19-43-26)21-11-10-15-34(17-21)28(40)41-7/h13,16,18-21,24H,8-12,14-15,17H2,1-7H3,(H,31,39)(H,32,33,38)/t21?,24-/m0/s1. The van der Waals surface area contributed by atoms with Crippen molar-refractivity contribution in [2.24, 2.45) is 0 Å². The van der Waals surface area contributed by atoms with Gasteiger partial charge in [-0.25, -0.2) is 14.6 Å². The summed E-state index contributed by atoms with van der Waals surface area (Å²) in [6.45, 7) is 13.1. The summed E-state index contributed by atoms with van der Waals surface area (Å²) in [5.74, 6) is -0.303. The summed E-state index contributed by atoms with van der Waals surface area (Å²) < 4.78 is 12.1. The SMILES string of the molecule is COC(=O)N1CCCC(c2csc(NC(=O)[C@H](CCCCNC(=O)OC(C)(C)C)N(C=O)c3ccn(C(C)(C)C)c3)n2)C1. The van der Waals surface area contributed by atoms with Gasteiger partial charge in [-0.15, -0.1) is 11.3 Å². The molecule has 0 saturated carbocycles. The first-order valence-corrected chi connectivity index (χ1v) is 15.6. The van der Waals surface area contributed by atoms with E-state index >= 15 is 0 Å². The van der Waals surface area contributed by atoms with E-state index in [-0.39, 0.29) is 23.5 Å². The minimum Gasteiger partial charge on any atom is -0.453 e. The second kappa shape index (κ2) is 14.7. The molecule has 43 heavy (non-hydrogen) atoms. The number of carbonyl (C=O) groups is 4. The van der Waals surface area contributed by atoms with Crippen molar-refractivity contribution in [3.63, 3.8) is 0 Å². The van der Waals surface area contributed by atoms with Crippen molar-refractivity contribution in [2.45, 2.75) is 96.7 Å². The average Bonchev–Trinajstić information content (AvgIpc) is 3.61. The van der Waals surface area contributed by atoms with Gasteiger partial charge < -0.3 is 34.5 Å². The van der Waals surface area contributed by atoms with Crippen LogP contribution in [0.1, 0.15) is 85.3 Å². The largest absolute Gasteiger partial charge is 0.453 e. The molecule has 12 nitrogen and oxygen atoms in total. The van der Waals surface area contributed by atoms with E-state index in [1.807, 2.05) is 28.4 Å². The Morgan fingerprint density at radius 2 is 1.95 bits per heavy atom. The Labute approximate surface area is 258 Å². The number of anilines is 2. The van der Waals surface area contributed by atoms with Gasteiger partial charge in [-0.2, -0.15) is 0 Å². The highest BCUT2D eigenvalue weighted by molar-refractivity contribution is 7.14. The number of piperidine rings is 1. The molecule has 4 amide bonds. The molecule has 13 heteroatoms. The van der Waals surface area contributed by atoms with Crippen LogP contribution < -0.4 is 15.5 Å². The fourth-order valence-corrected chi connectivity index (χ4v) is 5.66. The lowest BCUT2D eigenvalue weighted by molar-refractivity contribution is -0.119. The van der Waals surface area contributed by atoms with Crippen LogP contribution in [-0.2, 0) is 24.6 Å². The molecule has 2 atom stereocenters. The Morgan fingerprint density at radius 1 is 1.21 bits per heavy atom. The molecular weight excluding hydrogens is 572 g/mol. The van der Waals surface area contributed by atoms with Gasteiger partial charge in [0.1, 0.15) is 11.6 Å². The van der Waals surface area contributed by atoms with Crippen LogP contribution in [0.2, 0.25) is 0 Å². The van der Waals surface area contributed by atoms with Crippen molar-refractivity contribution >= 4 is 46.7 Å². The van der Waals surface area contributed by atoms with Gasteiger partial charge >= 0.3 is 12.2 Å². The lowest BCUT2D eigenvalue weighted by Gasteiger charge is -2.30. The zero-order valence-corrected chi connectivity index (χ0v) is 27.2. The minimum atomic E-state index is -0.799. The Morgan fingerprint density at radius 3 is 2.58 bits per heavy atom. The molecule has 0 spiro atoms. The van der Waals surface area contributed by atoms with Gasteiger partial charge in [0.25, 0.3) is 0 Å². The normalized spacial score (nSPS) is 16.3. The fraction of sp³-hybridized carbons (Fsp3) is 0.633. The number of methoxy groups -OCH3 is 1. The molecule has 0 radical (unpaired) electrons. The Balaban J connectivity index is 1.71. The molecule has 238 valence electrons. The highest BCUT2D eigenvalue weighted by atomic mass is 32.1. The van der Waals surface area contributed by atoms with E-state index in [2.05, 4.69) is 36.4 Å². The number of hydrogen-bond donors (Lipinski definition) is 2. The number of aromatic nitrogens is 2. The van der Waals surface area contributed by atoms with E-state index in [9.17, 15) is 19.2 Å². The zero-order valence-electron chi connectivity index (χ0n) is 26.3. The van der Waals surface area contributed by atoms with Gasteiger partial charge in [0.15, 0.2) is 5.13 Å². The molecule has 1 fully saturated rings. The Hall–Kier alpha value is -3.61. The third kappa shape index (κ3) is 9.97. The number of amides is 4. The number of unbranched alkanes of at least 4 members (excludes halogenated alkanes) is 1. The van der Waals surface area contributed by atoms with Gasteiger partial charge in [-0.05, 0) is 79.7 Å². The van der Waals surface area contributed by atoms with Crippen LogP contribution in [0, 0.1) is 0 Å². The maximum Gasteiger partial charge on any atom is 0.409 e. The van der Waals surface area contributed by atoms with Crippen molar-refractivity contribution in [2.75, 3.05) is 37.0 Å². The molecule has 2 N–H and O–H groups in total. The van der Waals surface area contributed by atoms with Crippen LogP contribution in [0.4, 0.5) is 20.4 Å². The van der Waals surface area contributed by atoms with Gasteiger partial charge in [0, 0.05) is 48.9 Å². The molecular formula is C30H46N6O6S. The van der Waals surface area contributed by atoms with Crippen LogP contribution in [0.5, 0.6) is 0 Å². The summed E-state index contributed by atoms with van der Waals surface area (Å²) in [5.41, 5.74) is 0.641. The third-order valence-corrected chi connectivity index (χ3v) is 7.88. The number of alkyl carbamates (subject to hydrolysis) is 1. The molecule has 0 aromatic carbocycles. The van der Waals surface area contributed by atoms with Crippen LogP contribution >= 0.6 is 11.3 Å². The summed E-state index contributed by atoms with van der Waals surface area (Å²) in [5, 5.41) is 7.99. The summed E-state index contributed by atoms with van der Waals surface area (Å²) >= 11 is 1.32. The van der Waals surface area contributed by atoms with E-state index in [0.29, 0.717) is 56.1 Å². The molecule has 1 unspecified atom stereocenters. The molecule has 1 saturated heterocycles. The molecule has 2 aromatic heterocycles. The number of carbonyl (C=O) groups excluding carboxylic acids is 4. The molecule has 3 heterocycles. The molecule has 0 aliphatic carbocycles. The zero-order chi connectivity index (χ0) is 31.8. The first-order valence-electron chi connectivity index (χ1n) is 14.7. The lowest BCUT2D eigenvalue weighted by Crippen LogP contribution is -2.43. The van der Waals surface area contributed by atoms with E-state index in [4.69, 9.17) is 9.47 Å². The van der Waals surface area contributed by atoms with Gasteiger partial charge in [0.05, 0.1) is 18.5 Å². The summed E-state index contributed by atoms with van der Waals surface area (Å²) in [6, 6.07) is 1.02. The number of thiazole rings is 1. The highest BCUT2D eigenvalue weighted by Crippen LogP contribution is 2.30. The topological polar surface area (TPSA) is 135 Å². The predicted octanol–water partition coefficient (Wildman–Crippen LogP) is 5.31. The quantitative estimate of drug-likeness (QED) is 0.257. The second-order valence-corrected chi connectivity index (χ2v) is 13.6. The monoisotopic (exact) mass is 618 g/mol. The number of hydrogen-bond acceptors (Lipinski definition) is 8. The number of rotatable bonds is 11. The van der Waals surface area contributed by atoms with Crippen molar-refractivity contribution in [3.05, 3.63) is 29.5 Å². The molecule has 3 rings (SSSR count). The maximum atomic E-state index is 13.7. The Bertz CT molecular complexity index is 1250. The van der Waals surface area contributed by atoms with Crippen LogP contribution in [0.15, 0.2) is 23.8 Å². The molecule has 1 aliphatic rings. The third-order valence-electron chi connectivity index (χ3n) is 7.10. The predicted molar refractivity (Wildman–Crippen MR) is 167 cm³/mol. The van der Waals surface area contributed by atoms with Crippen molar-refractivity contribution in [1.82, 2.24) is 19.8 Å². The van der Waals surface area contributed by atoms with Crippen LogP contribution in [0.3, 0.4) is 0 Å². The van der Waals surface area contributed by atoms with Gasteiger partial charge in [-0.3, -0.25) is 9.59 Å². The maximum absolute atomic E-state index is 13.7. The van der Waals surface area contributed by atoms with E-state index in [1.165, 1.54) is 23.3 Å². The second-order valence-electron chi connectivity index (χ2n) is 12.7. The van der Waals surface area contributed by atoms with Gasteiger partial charge in [0.2, 0.25) is 12.3 Å². The van der Waals surface area contributed by atoms with Gasteiger partial charge in [-0.1, -0.05) is 0 Å². The minimum absolute atomic E-state index is 0.0478. The highest BCUT2D eigenvalue weighted by Gasteiger charge is 2.30. The number of ether oxygens (including phenoxy) is 2. The van der Waals surface area contributed by atoms with Crippen molar-refractivity contribution < 1.29 is 28.7 Å². The first kappa shape index (κ1) is 33.9. The number of nitrogens with zero attached hydrogens (tertiary/aromatic N) is 4. The van der Waals surface area contributed by atoms with E-state index in [1.54, 1.807) is 25.7 Å². The lowest BCUT2D eigenvalue weighted by atomic mass is 9.96. The fourth-order valence-electron chi connectivity index (χ4n) is 4.87. The number of nitrogens with one attached hydrogen (secondary N) is 2. The average molecular weight is 619 g/mol. The molecule has 0 bridgehead atoms. The molecule has 1 aliphatic heterocycles. The van der Waals surface area contributed by atoms with Crippen LogP contribution in [0.25, 0.3) is 0 Å². The summed E-state index contributed by atoms with van der Waals surface area (Å²) in [4.78, 5) is 57.9. The van der Waals surface area contributed by atoms with Crippen LogP contribution in [-0.4, -0.2) is 77.3 Å².